The number of anilines is 1. The molecule has 1 unspecified atom stereocenters. The van der Waals surface area contributed by atoms with Gasteiger partial charge in [0, 0.05) is 36.0 Å². The summed E-state index contributed by atoms with van der Waals surface area (Å²) in [6, 6.07) is 12.0. The van der Waals surface area contributed by atoms with E-state index >= 15 is 0 Å². The molecule has 2 saturated heterocycles. The summed E-state index contributed by atoms with van der Waals surface area (Å²) in [5, 5.41) is 12.3. The van der Waals surface area contributed by atoms with Gasteiger partial charge in [-0.25, -0.2) is 18.4 Å². The largest absolute Gasteiger partial charge is 0.356 e. The second-order valence-corrected chi connectivity index (χ2v) is 10.8. The third-order valence-corrected chi connectivity index (χ3v) is 8.21. The molecule has 2 aliphatic heterocycles. The van der Waals surface area contributed by atoms with Crippen LogP contribution in [0.15, 0.2) is 47.1 Å². The first-order chi connectivity index (χ1) is 16.4. The minimum atomic E-state index is -2.58. The van der Waals surface area contributed by atoms with Crippen LogP contribution in [0.25, 0.3) is 17.1 Å². The van der Waals surface area contributed by atoms with Crippen molar-refractivity contribution in [3.63, 3.8) is 0 Å². The minimum Gasteiger partial charge on any atom is -0.356 e. The fourth-order valence-electron chi connectivity index (χ4n) is 5.60. The van der Waals surface area contributed by atoms with E-state index < -0.39 is 5.92 Å². The van der Waals surface area contributed by atoms with E-state index in [1.807, 2.05) is 29.3 Å². The van der Waals surface area contributed by atoms with Gasteiger partial charge in [0.25, 0.3) is 5.92 Å². The third kappa shape index (κ3) is 4.13. The van der Waals surface area contributed by atoms with E-state index in [1.165, 1.54) is 24.8 Å². The van der Waals surface area contributed by atoms with Gasteiger partial charge < -0.3 is 10.2 Å². The number of halogens is 3. The summed E-state index contributed by atoms with van der Waals surface area (Å²) in [4.78, 5) is 6.61. The topological polar surface area (TPSA) is 58.9 Å². The number of piperidine rings is 2. The van der Waals surface area contributed by atoms with Crippen LogP contribution < -0.4 is 10.2 Å². The predicted molar refractivity (Wildman–Crippen MR) is 131 cm³/mol. The molecule has 0 amide bonds. The van der Waals surface area contributed by atoms with Gasteiger partial charge >= 0.3 is 0 Å². The highest BCUT2D eigenvalue weighted by Gasteiger charge is 2.55. The quantitative estimate of drug-likeness (QED) is 0.505. The average molecular weight is 529 g/mol. The van der Waals surface area contributed by atoms with Crippen LogP contribution in [0.5, 0.6) is 0 Å². The molecule has 34 heavy (non-hydrogen) atoms. The van der Waals surface area contributed by atoms with Crippen molar-refractivity contribution in [3.8, 4) is 17.1 Å². The van der Waals surface area contributed by atoms with Gasteiger partial charge in [0.1, 0.15) is 11.5 Å². The number of aromatic nitrogens is 4. The first kappa shape index (κ1) is 22.1. The Morgan fingerprint density at radius 3 is 2.56 bits per heavy atom. The fourth-order valence-corrected chi connectivity index (χ4v) is 5.98. The van der Waals surface area contributed by atoms with Crippen LogP contribution in [0, 0.1) is 5.41 Å². The SMILES string of the molecule is FC1(F)CCN(c2cccc(-n3cc(-c4ccc(Br)cc4C4CC45CCNCC5)nn3)n2)CC1. The molecule has 1 saturated carbocycles. The number of nitrogens with zero attached hydrogens (tertiary/aromatic N) is 5. The van der Waals surface area contributed by atoms with Crippen molar-refractivity contribution in [2.24, 2.45) is 5.41 Å². The summed E-state index contributed by atoms with van der Waals surface area (Å²) < 4.78 is 29.9. The Bertz CT molecular complexity index is 1200. The number of benzene rings is 1. The lowest BCUT2D eigenvalue weighted by molar-refractivity contribution is -0.0221. The Balaban J connectivity index is 1.27. The highest BCUT2D eigenvalue weighted by atomic mass is 79.9. The van der Waals surface area contributed by atoms with E-state index in [0.717, 1.165) is 28.8 Å². The summed E-state index contributed by atoms with van der Waals surface area (Å²) in [7, 11) is 0. The molecule has 6 rings (SSSR count). The Labute approximate surface area is 205 Å². The highest BCUT2D eigenvalue weighted by Crippen LogP contribution is 2.65. The van der Waals surface area contributed by atoms with E-state index in [4.69, 9.17) is 4.98 Å². The van der Waals surface area contributed by atoms with Crippen molar-refractivity contribution in [3.05, 3.63) is 52.6 Å². The fraction of sp³-hybridized carbons (Fsp3) is 0.480. The number of hydrogen-bond acceptors (Lipinski definition) is 5. The van der Waals surface area contributed by atoms with E-state index in [9.17, 15) is 8.78 Å². The van der Waals surface area contributed by atoms with Crippen LogP contribution in [0.4, 0.5) is 14.6 Å². The van der Waals surface area contributed by atoms with E-state index in [2.05, 4.69) is 49.8 Å². The van der Waals surface area contributed by atoms with Crippen LogP contribution >= 0.6 is 15.9 Å². The summed E-state index contributed by atoms with van der Waals surface area (Å²) >= 11 is 3.66. The van der Waals surface area contributed by atoms with Gasteiger partial charge in [-0.3, -0.25) is 0 Å². The van der Waals surface area contributed by atoms with E-state index in [0.29, 0.717) is 36.1 Å². The Morgan fingerprint density at radius 1 is 1.00 bits per heavy atom. The molecule has 9 heteroatoms. The molecule has 1 spiro atoms. The van der Waals surface area contributed by atoms with Gasteiger partial charge in [-0.05, 0) is 73.5 Å². The molecule has 3 aliphatic rings. The number of nitrogens with one attached hydrogen (secondary N) is 1. The Morgan fingerprint density at radius 2 is 1.76 bits per heavy atom. The molecule has 3 fully saturated rings. The van der Waals surface area contributed by atoms with Gasteiger partial charge in [-0.1, -0.05) is 33.3 Å². The second-order valence-electron chi connectivity index (χ2n) is 9.85. The standard InChI is InChI=1S/C25H27BrF2N6/c26-17-4-5-18(19(14-17)20-15-24(20)6-10-29-11-7-24)21-16-34(32-31-21)23-3-1-2-22(30-23)33-12-8-25(27,28)9-13-33/h1-5,14,16,20,29H,6-13,15H2. The number of alkyl halides is 2. The molecule has 0 radical (unpaired) electrons. The van der Waals surface area contributed by atoms with Crippen molar-refractivity contribution in [2.75, 3.05) is 31.1 Å². The molecule has 3 aromatic rings. The molecule has 6 nitrogen and oxygen atoms in total. The minimum absolute atomic E-state index is 0.141. The van der Waals surface area contributed by atoms with Gasteiger partial charge in [0.15, 0.2) is 5.82 Å². The smallest absolute Gasteiger partial charge is 0.251 e. The lowest BCUT2D eigenvalue weighted by Crippen LogP contribution is -2.39. The number of pyridine rings is 1. The van der Waals surface area contributed by atoms with Crippen LogP contribution in [0.3, 0.4) is 0 Å². The normalized spacial score (nSPS) is 23.3. The van der Waals surface area contributed by atoms with Crippen LogP contribution in [-0.2, 0) is 0 Å². The maximum atomic E-state index is 13.6. The zero-order valence-corrected chi connectivity index (χ0v) is 20.4. The van der Waals surface area contributed by atoms with Crippen molar-refractivity contribution in [1.29, 1.82) is 0 Å². The van der Waals surface area contributed by atoms with Crippen molar-refractivity contribution >= 4 is 21.7 Å². The maximum absolute atomic E-state index is 13.6. The zero-order chi connectivity index (χ0) is 23.3. The Kier molecular flexibility index (Phi) is 5.44. The molecule has 1 aromatic carbocycles. The molecule has 2 aromatic heterocycles. The molecule has 178 valence electrons. The summed E-state index contributed by atoms with van der Waals surface area (Å²) in [5.74, 6) is -0.703. The van der Waals surface area contributed by atoms with Crippen molar-refractivity contribution in [1.82, 2.24) is 25.3 Å². The molecular formula is C25H27BrF2N6. The first-order valence-corrected chi connectivity index (χ1v) is 12.7. The van der Waals surface area contributed by atoms with Crippen LogP contribution in [-0.4, -0.2) is 52.1 Å². The summed E-state index contributed by atoms with van der Waals surface area (Å²) in [6.07, 6.45) is 5.30. The first-order valence-electron chi connectivity index (χ1n) is 12.0. The molecule has 1 atom stereocenters. The van der Waals surface area contributed by atoms with Crippen LogP contribution in [0.1, 0.15) is 43.6 Å². The second kappa shape index (κ2) is 8.37. The molecule has 1 aliphatic carbocycles. The van der Waals surface area contributed by atoms with Crippen molar-refractivity contribution in [2.45, 2.75) is 43.9 Å². The predicted octanol–water partition coefficient (Wildman–Crippen LogP) is 5.18. The maximum Gasteiger partial charge on any atom is 0.251 e. The van der Waals surface area contributed by atoms with Gasteiger partial charge in [0.05, 0.1) is 6.20 Å². The number of hydrogen-bond donors (Lipinski definition) is 1. The molecule has 1 N–H and O–H groups in total. The highest BCUT2D eigenvalue weighted by molar-refractivity contribution is 9.10. The van der Waals surface area contributed by atoms with E-state index in [-0.39, 0.29) is 12.8 Å². The van der Waals surface area contributed by atoms with Gasteiger partial charge in [-0.15, -0.1) is 5.10 Å². The lowest BCUT2D eigenvalue weighted by atomic mass is 9.88. The Hall–Kier alpha value is -2.39. The monoisotopic (exact) mass is 528 g/mol. The van der Waals surface area contributed by atoms with Gasteiger partial charge in [0.2, 0.25) is 0 Å². The van der Waals surface area contributed by atoms with Crippen molar-refractivity contribution < 1.29 is 8.78 Å². The lowest BCUT2D eigenvalue weighted by Gasteiger charge is -2.32. The summed E-state index contributed by atoms with van der Waals surface area (Å²) in [6.45, 7) is 2.78. The molecule has 0 bridgehead atoms. The summed E-state index contributed by atoms with van der Waals surface area (Å²) in [5.41, 5.74) is 3.68. The van der Waals surface area contributed by atoms with Gasteiger partial charge in [-0.2, -0.15) is 0 Å². The third-order valence-electron chi connectivity index (χ3n) is 7.72. The average Bonchev–Trinajstić information content (AvgIpc) is 3.29. The zero-order valence-electron chi connectivity index (χ0n) is 18.9. The number of rotatable bonds is 4. The molecule has 4 heterocycles. The van der Waals surface area contributed by atoms with Crippen LogP contribution in [0.2, 0.25) is 0 Å². The van der Waals surface area contributed by atoms with E-state index in [1.54, 1.807) is 4.68 Å². The molecular weight excluding hydrogens is 502 g/mol.